The predicted molar refractivity (Wildman–Crippen MR) is 96.9 cm³/mol. The van der Waals surface area contributed by atoms with E-state index in [2.05, 4.69) is 6.92 Å². The second-order valence-corrected chi connectivity index (χ2v) is 7.34. The summed E-state index contributed by atoms with van der Waals surface area (Å²) in [5.41, 5.74) is 0.934. The minimum Gasteiger partial charge on any atom is -0.504 e. The summed E-state index contributed by atoms with van der Waals surface area (Å²) in [6.07, 6.45) is 6.51. The van der Waals surface area contributed by atoms with E-state index in [9.17, 15) is 18.1 Å². The van der Waals surface area contributed by atoms with Gasteiger partial charge in [0.2, 0.25) is 0 Å². The number of hydrogen-bond donors (Lipinski definition) is 2. The molecule has 6 heteroatoms. The van der Waals surface area contributed by atoms with Gasteiger partial charge in [0.1, 0.15) is 10.6 Å². The van der Waals surface area contributed by atoms with Gasteiger partial charge in [0.15, 0.2) is 11.5 Å². The van der Waals surface area contributed by atoms with Crippen molar-refractivity contribution in [2.45, 2.75) is 50.3 Å². The maximum absolute atomic E-state index is 11.5. The van der Waals surface area contributed by atoms with Crippen molar-refractivity contribution in [1.29, 1.82) is 0 Å². The van der Waals surface area contributed by atoms with Crippen LogP contribution in [0.5, 0.6) is 17.2 Å². The smallest absolute Gasteiger partial charge is 0.298 e. The molecule has 25 heavy (non-hydrogen) atoms. The molecule has 0 saturated heterocycles. The van der Waals surface area contributed by atoms with E-state index in [0.717, 1.165) is 24.8 Å². The van der Waals surface area contributed by atoms with Crippen molar-refractivity contribution in [3.05, 3.63) is 48.0 Å². The fraction of sp³-hybridized carbons (Fsp3) is 0.368. The number of para-hydroxylation sites is 2. The van der Waals surface area contributed by atoms with Gasteiger partial charge < -0.3 is 9.84 Å². The number of phenolic OH excluding ortho intramolecular Hbond substituents is 1. The molecule has 136 valence electrons. The van der Waals surface area contributed by atoms with Crippen LogP contribution in [0.2, 0.25) is 0 Å². The third kappa shape index (κ3) is 5.47. The Balaban J connectivity index is 2.22. The van der Waals surface area contributed by atoms with E-state index < -0.39 is 15.0 Å². The largest absolute Gasteiger partial charge is 0.504 e. The van der Waals surface area contributed by atoms with Gasteiger partial charge in [-0.2, -0.15) is 8.42 Å². The third-order valence-electron chi connectivity index (χ3n) is 3.97. The fourth-order valence-corrected chi connectivity index (χ4v) is 3.28. The summed E-state index contributed by atoms with van der Waals surface area (Å²) in [7, 11) is -4.50. The first-order valence-corrected chi connectivity index (χ1v) is 9.92. The van der Waals surface area contributed by atoms with E-state index in [0.29, 0.717) is 5.75 Å². The summed E-state index contributed by atoms with van der Waals surface area (Å²) >= 11 is 0. The minimum absolute atomic E-state index is 0.261. The van der Waals surface area contributed by atoms with Crippen molar-refractivity contribution < 1.29 is 22.8 Å². The molecular weight excluding hydrogens is 340 g/mol. The molecule has 5 nitrogen and oxygen atoms in total. The van der Waals surface area contributed by atoms with Crippen molar-refractivity contribution in [1.82, 2.24) is 0 Å². The van der Waals surface area contributed by atoms with Gasteiger partial charge in [-0.1, -0.05) is 56.9 Å². The van der Waals surface area contributed by atoms with Crippen LogP contribution >= 0.6 is 0 Å². The highest BCUT2D eigenvalue weighted by Crippen LogP contribution is 2.38. The van der Waals surface area contributed by atoms with E-state index in [4.69, 9.17) is 4.74 Å². The normalized spacial score (nSPS) is 11.4. The third-order valence-corrected chi connectivity index (χ3v) is 4.85. The van der Waals surface area contributed by atoms with Crippen LogP contribution in [-0.2, 0) is 16.5 Å². The number of rotatable bonds is 9. The molecular formula is C19H24O5S. The van der Waals surface area contributed by atoms with Gasteiger partial charge in [0, 0.05) is 0 Å². The lowest BCUT2D eigenvalue weighted by Gasteiger charge is -2.14. The van der Waals surface area contributed by atoms with E-state index in [1.54, 1.807) is 12.1 Å². The molecule has 0 fully saturated rings. The zero-order chi connectivity index (χ0) is 18.3. The van der Waals surface area contributed by atoms with Crippen molar-refractivity contribution in [3.63, 3.8) is 0 Å². The average Bonchev–Trinajstić information content (AvgIpc) is 2.57. The first kappa shape index (κ1) is 19.3. The molecule has 0 amide bonds. The predicted octanol–water partition coefficient (Wildman–Crippen LogP) is 4.94. The Morgan fingerprint density at radius 2 is 1.68 bits per heavy atom. The lowest BCUT2D eigenvalue weighted by atomic mass is 10.0. The minimum atomic E-state index is -4.50. The quantitative estimate of drug-likeness (QED) is 0.486. The molecule has 0 aromatic heterocycles. The number of phenols is 1. The Labute approximate surface area is 149 Å². The summed E-state index contributed by atoms with van der Waals surface area (Å²) in [5, 5.41) is 9.98. The molecule has 0 aliphatic rings. The van der Waals surface area contributed by atoms with Crippen LogP contribution in [-0.4, -0.2) is 18.1 Å². The molecule has 0 heterocycles. The zero-order valence-corrected chi connectivity index (χ0v) is 15.1. The van der Waals surface area contributed by atoms with Gasteiger partial charge in [-0.3, -0.25) is 4.55 Å². The Morgan fingerprint density at radius 1 is 0.960 bits per heavy atom. The van der Waals surface area contributed by atoms with Gasteiger partial charge in [0.25, 0.3) is 10.1 Å². The number of ether oxygens (including phenoxy) is 1. The van der Waals surface area contributed by atoms with Crippen LogP contribution < -0.4 is 4.74 Å². The second kappa shape index (κ2) is 8.87. The van der Waals surface area contributed by atoms with Gasteiger partial charge in [-0.05, 0) is 36.6 Å². The molecule has 0 unspecified atom stereocenters. The Morgan fingerprint density at radius 3 is 2.40 bits per heavy atom. The maximum Gasteiger partial charge on any atom is 0.298 e. The summed E-state index contributed by atoms with van der Waals surface area (Å²) in [6.45, 7) is 2.17. The second-order valence-electron chi connectivity index (χ2n) is 5.95. The first-order chi connectivity index (χ1) is 11.9. The van der Waals surface area contributed by atoms with Gasteiger partial charge in [-0.15, -0.1) is 0 Å². The van der Waals surface area contributed by atoms with Gasteiger partial charge >= 0.3 is 0 Å². The van der Waals surface area contributed by atoms with Crippen LogP contribution in [0.4, 0.5) is 0 Å². The molecule has 2 N–H and O–H groups in total. The van der Waals surface area contributed by atoms with Crippen LogP contribution in [0.3, 0.4) is 0 Å². The SMILES string of the molecule is CCCCCCCc1ccccc1Oc1c(O)cccc1S(=O)(=O)O. The molecule has 2 aromatic carbocycles. The Hall–Kier alpha value is -2.05. The molecule has 0 aliphatic carbocycles. The Kier molecular flexibility index (Phi) is 6.84. The molecule has 0 radical (unpaired) electrons. The standard InChI is InChI=1S/C19H24O5S/c1-2-3-4-5-6-10-15-11-7-8-13-17(15)24-19-16(20)12-9-14-18(19)25(21,22)23/h7-9,11-14,20H,2-6,10H2,1H3,(H,21,22,23). The molecule has 0 aliphatic heterocycles. The van der Waals surface area contributed by atoms with E-state index >= 15 is 0 Å². The summed E-state index contributed by atoms with van der Waals surface area (Å²) in [6, 6.07) is 11.2. The lowest BCUT2D eigenvalue weighted by Crippen LogP contribution is -2.02. The summed E-state index contributed by atoms with van der Waals surface area (Å²) in [5.74, 6) is -0.124. The Bertz CT molecular complexity index is 799. The van der Waals surface area contributed by atoms with Crippen LogP contribution in [0.15, 0.2) is 47.4 Å². The lowest BCUT2D eigenvalue weighted by molar-refractivity contribution is 0.394. The van der Waals surface area contributed by atoms with Gasteiger partial charge in [-0.25, -0.2) is 0 Å². The van der Waals surface area contributed by atoms with Crippen LogP contribution in [0.1, 0.15) is 44.6 Å². The number of benzene rings is 2. The maximum atomic E-state index is 11.5. The molecule has 0 spiro atoms. The number of aryl methyl sites for hydroxylation is 1. The highest BCUT2D eigenvalue weighted by molar-refractivity contribution is 7.86. The van der Waals surface area contributed by atoms with Crippen molar-refractivity contribution in [3.8, 4) is 17.2 Å². The average molecular weight is 364 g/mol. The van der Waals surface area contributed by atoms with Crippen molar-refractivity contribution in [2.75, 3.05) is 0 Å². The van der Waals surface area contributed by atoms with E-state index in [-0.39, 0.29) is 11.5 Å². The van der Waals surface area contributed by atoms with Gasteiger partial charge in [0.05, 0.1) is 0 Å². The highest BCUT2D eigenvalue weighted by Gasteiger charge is 2.21. The number of hydrogen-bond acceptors (Lipinski definition) is 4. The molecule has 0 saturated carbocycles. The zero-order valence-electron chi connectivity index (χ0n) is 14.3. The van der Waals surface area contributed by atoms with Crippen LogP contribution in [0, 0.1) is 0 Å². The molecule has 0 atom stereocenters. The van der Waals surface area contributed by atoms with Crippen LogP contribution in [0.25, 0.3) is 0 Å². The van der Waals surface area contributed by atoms with E-state index in [1.165, 1.54) is 37.5 Å². The summed E-state index contributed by atoms with van der Waals surface area (Å²) in [4.78, 5) is -0.453. The molecule has 2 aromatic rings. The van der Waals surface area contributed by atoms with Crippen molar-refractivity contribution >= 4 is 10.1 Å². The monoisotopic (exact) mass is 364 g/mol. The van der Waals surface area contributed by atoms with Crippen molar-refractivity contribution in [2.24, 2.45) is 0 Å². The molecule has 2 rings (SSSR count). The fourth-order valence-electron chi connectivity index (χ4n) is 2.65. The van der Waals surface area contributed by atoms with E-state index in [1.807, 2.05) is 12.1 Å². The topological polar surface area (TPSA) is 83.8 Å². The number of unbranched alkanes of at least 4 members (excludes halogenated alkanes) is 4. The first-order valence-electron chi connectivity index (χ1n) is 8.48. The molecule has 0 bridgehead atoms. The highest BCUT2D eigenvalue weighted by atomic mass is 32.2. The summed E-state index contributed by atoms with van der Waals surface area (Å²) < 4.78 is 38.1. The number of aromatic hydroxyl groups is 1.